The van der Waals surface area contributed by atoms with Crippen LogP contribution in [0.25, 0.3) is 0 Å². The van der Waals surface area contributed by atoms with Crippen LogP contribution in [0.1, 0.15) is 6.92 Å². The van der Waals surface area contributed by atoms with Gasteiger partial charge in [-0.1, -0.05) is 85.8 Å². The summed E-state index contributed by atoms with van der Waals surface area (Å²) in [6.45, 7) is 2.15. The molecule has 0 amide bonds. The Labute approximate surface area is 122 Å². The lowest BCUT2D eigenvalue weighted by Gasteiger charge is -2.24. The molecule has 0 saturated carbocycles. The van der Waals surface area contributed by atoms with Gasteiger partial charge in [-0.3, -0.25) is 0 Å². The summed E-state index contributed by atoms with van der Waals surface area (Å²) in [6, 6.07) is 21.8. The van der Waals surface area contributed by atoms with Gasteiger partial charge in [-0.25, -0.2) is 0 Å². The van der Waals surface area contributed by atoms with Crippen LogP contribution >= 0.6 is 7.92 Å². The van der Waals surface area contributed by atoms with Crippen LogP contribution in [0.4, 0.5) is 0 Å². The van der Waals surface area contributed by atoms with E-state index in [4.69, 9.17) is 0 Å². The first kappa shape index (κ1) is 13.3. The molecule has 20 heavy (non-hydrogen) atoms. The van der Waals surface area contributed by atoms with E-state index in [0.717, 1.165) is 0 Å². The van der Waals surface area contributed by atoms with Crippen molar-refractivity contribution in [2.75, 3.05) is 0 Å². The molecule has 1 heteroatoms. The monoisotopic (exact) mass is 277 g/mol. The normalized spacial score (nSPS) is 17.5. The molecule has 1 atom stereocenters. The van der Waals surface area contributed by atoms with Crippen molar-refractivity contribution in [1.82, 2.24) is 0 Å². The van der Waals surface area contributed by atoms with Crippen LogP contribution in [0.3, 0.4) is 0 Å². The van der Waals surface area contributed by atoms with Crippen molar-refractivity contribution < 1.29 is 0 Å². The highest BCUT2D eigenvalue weighted by Crippen LogP contribution is 2.49. The average Bonchev–Trinajstić information content (AvgIpc) is 2.98. The van der Waals surface area contributed by atoms with Crippen molar-refractivity contribution in [1.29, 1.82) is 0 Å². The van der Waals surface area contributed by atoms with Gasteiger partial charge in [0, 0.05) is 5.92 Å². The molecule has 0 aromatic heterocycles. The van der Waals surface area contributed by atoms with Crippen LogP contribution < -0.4 is 10.6 Å². The van der Waals surface area contributed by atoms with Gasteiger partial charge in [0.2, 0.25) is 0 Å². The predicted octanol–water partition coefficient (Wildman–Crippen LogP) is 4.41. The van der Waals surface area contributed by atoms with E-state index in [2.05, 4.69) is 92.2 Å². The first-order valence-corrected chi connectivity index (χ1v) is 8.32. The van der Waals surface area contributed by atoms with Gasteiger partial charge < -0.3 is 0 Å². The van der Waals surface area contributed by atoms with E-state index in [1.165, 1.54) is 15.9 Å². The quantitative estimate of drug-likeness (QED) is 0.726. The first-order valence-electron chi connectivity index (χ1n) is 6.98. The van der Waals surface area contributed by atoms with Crippen molar-refractivity contribution in [3.8, 4) is 0 Å². The number of allylic oxidation sites excluding steroid dienone is 4. The smallest absolute Gasteiger partial charge is 0.00603 e. The molecule has 0 aliphatic heterocycles. The van der Waals surface area contributed by atoms with Crippen molar-refractivity contribution in [2.45, 2.75) is 6.92 Å². The Kier molecular flexibility index (Phi) is 4.14. The molecule has 0 spiro atoms. The molecule has 2 aromatic carbocycles. The molecule has 1 unspecified atom stereocenters. The van der Waals surface area contributed by atoms with E-state index >= 15 is 0 Å². The van der Waals surface area contributed by atoms with Crippen LogP contribution in [0.15, 0.2) is 84.2 Å². The highest BCUT2D eigenvalue weighted by molar-refractivity contribution is 7.76. The van der Waals surface area contributed by atoms with Gasteiger partial charge in [-0.15, -0.1) is 0 Å². The topological polar surface area (TPSA) is 0 Å². The maximum Gasteiger partial charge on any atom is 0.00603 e. The predicted molar refractivity (Wildman–Crippen MR) is 89.8 cm³/mol. The van der Waals surface area contributed by atoms with Crippen LogP contribution in [-0.4, -0.2) is 0 Å². The zero-order chi connectivity index (χ0) is 13.8. The highest BCUT2D eigenvalue weighted by atomic mass is 31.1. The molecule has 0 saturated heterocycles. The highest BCUT2D eigenvalue weighted by Gasteiger charge is 2.24. The summed E-state index contributed by atoms with van der Waals surface area (Å²) in [6.07, 6.45) is 9.07. The molecular formula is C19H18P. The molecule has 99 valence electrons. The maximum absolute atomic E-state index is 2.30. The third-order valence-corrected chi connectivity index (χ3v) is 6.17. The Morgan fingerprint density at radius 1 is 0.850 bits per heavy atom. The Hall–Kier alpha value is -1.65. The minimum Gasteiger partial charge on any atom is -0.0767 e. The minimum absolute atomic E-state index is 0.430. The summed E-state index contributed by atoms with van der Waals surface area (Å²) in [5.41, 5.74) is 0. The molecule has 0 fully saturated rings. The van der Waals surface area contributed by atoms with Crippen LogP contribution in [-0.2, 0) is 0 Å². The minimum atomic E-state index is -0.430. The van der Waals surface area contributed by atoms with E-state index in [0.29, 0.717) is 5.92 Å². The van der Waals surface area contributed by atoms with Crippen LogP contribution in [0.2, 0.25) is 0 Å². The van der Waals surface area contributed by atoms with Gasteiger partial charge in [0.05, 0.1) is 0 Å². The summed E-state index contributed by atoms with van der Waals surface area (Å²) in [4.78, 5) is 0. The molecule has 2 aromatic rings. The lowest BCUT2D eigenvalue weighted by Crippen LogP contribution is -2.15. The summed E-state index contributed by atoms with van der Waals surface area (Å²) < 4.78 is 0. The Bertz CT molecular complexity index is 571. The van der Waals surface area contributed by atoms with Crippen LogP contribution in [0, 0.1) is 12.3 Å². The second-order valence-electron chi connectivity index (χ2n) is 4.84. The van der Waals surface area contributed by atoms with Gasteiger partial charge in [0.1, 0.15) is 0 Å². The lowest BCUT2D eigenvalue weighted by molar-refractivity contribution is 0.959. The molecular weight excluding hydrogens is 259 g/mol. The Morgan fingerprint density at radius 3 is 1.90 bits per heavy atom. The lowest BCUT2D eigenvalue weighted by atomic mass is 10.1. The maximum atomic E-state index is 2.30. The number of benzene rings is 2. The third-order valence-electron chi connectivity index (χ3n) is 3.57. The van der Waals surface area contributed by atoms with Crippen molar-refractivity contribution >= 4 is 18.5 Å². The van der Waals surface area contributed by atoms with Crippen LogP contribution in [0.5, 0.6) is 0 Å². The fourth-order valence-electron chi connectivity index (χ4n) is 2.59. The van der Waals surface area contributed by atoms with E-state index in [-0.39, 0.29) is 0 Å². The summed E-state index contributed by atoms with van der Waals surface area (Å²) in [5, 5.41) is 4.38. The summed E-state index contributed by atoms with van der Waals surface area (Å²) in [7, 11) is -0.430. The largest absolute Gasteiger partial charge is 0.0767 e. The van der Waals surface area contributed by atoms with Crippen molar-refractivity contribution in [3.63, 3.8) is 0 Å². The van der Waals surface area contributed by atoms with E-state index in [1.54, 1.807) is 0 Å². The zero-order valence-corrected chi connectivity index (χ0v) is 12.5. The van der Waals surface area contributed by atoms with E-state index < -0.39 is 7.92 Å². The zero-order valence-electron chi connectivity index (χ0n) is 11.6. The molecule has 1 aliphatic rings. The third kappa shape index (κ3) is 2.62. The molecule has 0 nitrogen and oxygen atoms in total. The molecule has 1 radical (unpaired) electrons. The SMILES string of the molecule is C[CH]C1C=CC=C1P(c1ccccc1)c1ccccc1. The van der Waals surface area contributed by atoms with E-state index in [1.807, 2.05) is 0 Å². The second kappa shape index (κ2) is 6.20. The molecule has 1 aliphatic carbocycles. The number of hydrogen-bond donors (Lipinski definition) is 0. The Balaban J connectivity index is 2.06. The van der Waals surface area contributed by atoms with Gasteiger partial charge in [-0.2, -0.15) is 0 Å². The number of rotatable bonds is 4. The molecule has 0 bridgehead atoms. The van der Waals surface area contributed by atoms with Crippen molar-refractivity contribution in [3.05, 3.63) is 90.6 Å². The average molecular weight is 277 g/mol. The Morgan fingerprint density at radius 2 is 1.40 bits per heavy atom. The van der Waals surface area contributed by atoms with Gasteiger partial charge >= 0.3 is 0 Å². The van der Waals surface area contributed by atoms with Gasteiger partial charge in [-0.05, 0) is 30.3 Å². The first-order chi connectivity index (χ1) is 9.90. The molecule has 0 N–H and O–H groups in total. The molecule has 3 rings (SSSR count). The van der Waals surface area contributed by atoms with Gasteiger partial charge in [0.15, 0.2) is 0 Å². The fraction of sp³-hybridized carbons (Fsp3) is 0.105. The standard InChI is InChI=1S/C19H18P/c1-2-16-10-9-15-19(16)20(17-11-5-3-6-12-17)18-13-7-4-8-14-18/h2-16H,1H3. The summed E-state index contributed by atoms with van der Waals surface area (Å²) >= 11 is 0. The molecule has 0 heterocycles. The number of hydrogen-bond acceptors (Lipinski definition) is 0. The second-order valence-corrected chi connectivity index (χ2v) is 7.06. The fourth-order valence-corrected chi connectivity index (χ4v) is 5.19. The summed E-state index contributed by atoms with van der Waals surface area (Å²) in [5.74, 6) is 0.474. The van der Waals surface area contributed by atoms with E-state index in [9.17, 15) is 0 Å². The van der Waals surface area contributed by atoms with Gasteiger partial charge in [0.25, 0.3) is 0 Å². The van der Waals surface area contributed by atoms with Crippen molar-refractivity contribution in [2.24, 2.45) is 5.92 Å².